The Morgan fingerprint density at radius 2 is 2.00 bits per heavy atom. The number of carbonyl (C=O) groups excluding carboxylic acids is 3. The third-order valence-electron chi connectivity index (χ3n) is 4.66. The number of nitrogens with zero attached hydrogens (tertiary/aromatic N) is 1. The molecule has 1 saturated heterocycles. The lowest BCUT2D eigenvalue weighted by atomic mass is 10.0. The number of ether oxygens (including phenoxy) is 1. The first kappa shape index (κ1) is 18.9. The SMILES string of the molecule is COC(=O)NC(C(=O)N1C(C(=O)NCCSC)CC2CC21)C(C)C. The Labute approximate surface area is 147 Å². The molecular weight excluding hydrogens is 330 g/mol. The third-order valence-corrected chi connectivity index (χ3v) is 5.27. The molecule has 1 aliphatic carbocycles. The zero-order chi connectivity index (χ0) is 17.9. The van der Waals surface area contributed by atoms with Crippen molar-refractivity contribution in [3.8, 4) is 0 Å². The normalized spacial score (nSPS) is 25.9. The van der Waals surface area contributed by atoms with Gasteiger partial charge in [0.05, 0.1) is 7.11 Å². The molecule has 8 heteroatoms. The Hall–Kier alpha value is -1.44. The van der Waals surface area contributed by atoms with E-state index >= 15 is 0 Å². The monoisotopic (exact) mass is 357 g/mol. The standard InChI is InChI=1S/C16H27N3O4S/c1-9(2)13(18-16(22)23-3)15(21)19-11-7-10(11)8-12(19)14(20)17-5-6-24-4/h9-13H,5-8H2,1-4H3,(H,17,20)(H,18,22). The van der Waals surface area contributed by atoms with Gasteiger partial charge in [0.2, 0.25) is 11.8 Å². The van der Waals surface area contributed by atoms with Gasteiger partial charge in [-0.3, -0.25) is 9.59 Å². The van der Waals surface area contributed by atoms with Crippen LogP contribution in [0.1, 0.15) is 26.7 Å². The number of nitrogens with one attached hydrogen (secondary N) is 2. The molecule has 136 valence electrons. The van der Waals surface area contributed by atoms with Crippen molar-refractivity contribution >= 4 is 29.7 Å². The molecule has 1 saturated carbocycles. The minimum atomic E-state index is -0.682. The molecule has 2 fully saturated rings. The number of fused-ring (bicyclic) bond motifs is 1. The Kier molecular flexibility index (Phi) is 6.37. The topological polar surface area (TPSA) is 87.7 Å². The summed E-state index contributed by atoms with van der Waals surface area (Å²) in [6, 6.07) is -0.975. The van der Waals surface area contributed by atoms with E-state index < -0.39 is 18.2 Å². The lowest BCUT2D eigenvalue weighted by Gasteiger charge is -2.32. The number of thioether (sulfide) groups is 1. The Morgan fingerprint density at radius 3 is 2.58 bits per heavy atom. The molecule has 0 aromatic carbocycles. The molecule has 2 aliphatic rings. The van der Waals surface area contributed by atoms with E-state index in [1.807, 2.05) is 20.1 Å². The van der Waals surface area contributed by atoms with Gasteiger partial charge in [0, 0.05) is 18.3 Å². The van der Waals surface area contributed by atoms with Gasteiger partial charge in [-0.1, -0.05) is 13.8 Å². The van der Waals surface area contributed by atoms with Crippen molar-refractivity contribution in [3.05, 3.63) is 0 Å². The van der Waals surface area contributed by atoms with Crippen LogP contribution in [0.25, 0.3) is 0 Å². The zero-order valence-corrected chi connectivity index (χ0v) is 15.5. The molecule has 7 nitrogen and oxygen atoms in total. The van der Waals surface area contributed by atoms with E-state index in [4.69, 9.17) is 0 Å². The van der Waals surface area contributed by atoms with Crippen molar-refractivity contribution in [2.24, 2.45) is 11.8 Å². The van der Waals surface area contributed by atoms with Gasteiger partial charge >= 0.3 is 6.09 Å². The average Bonchev–Trinajstić information content (AvgIpc) is 3.21. The number of carbonyl (C=O) groups is 3. The first-order valence-corrected chi connectivity index (χ1v) is 9.73. The maximum absolute atomic E-state index is 13.0. The number of amides is 3. The van der Waals surface area contributed by atoms with E-state index in [-0.39, 0.29) is 23.8 Å². The van der Waals surface area contributed by atoms with Crippen molar-refractivity contribution < 1.29 is 19.1 Å². The van der Waals surface area contributed by atoms with Crippen molar-refractivity contribution in [2.45, 2.75) is 44.8 Å². The van der Waals surface area contributed by atoms with E-state index in [2.05, 4.69) is 15.4 Å². The maximum atomic E-state index is 13.0. The van der Waals surface area contributed by atoms with Crippen LogP contribution in [-0.4, -0.2) is 66.6 Å². The van der Waals surface area contributed by atoms with E-state index in [0.717, 1.165) is 12.2 Å². The summed E-state index contributed by atoms with van der Waals surface area (Å²) in [7, 11) is 1.27. The minimum absolute atomic E-state index is 0.0883. The van der Waals surface area contributed by atoms with E-state index in [9.17, 15) is 14.4 Å². The van der Waals surface area contributed by atoms with E-state index in [1.165, 1.54) is 7.11 Å². The summed E-state index contributed by atoms with van der Waals surface area (Å²) in [4.78, 5) is 38.7. The second-order valence-electron chi connectivity index (χ2n) is 6.70. The fraction of sp³-hybridized carbons (Fsp3) is 0.812. The predicted octanol–water partition coefficient (Wildman–Crippen LogP) is 0.836. The van der Waals surface area contributed by atoms with Crippen LogP contribution in [0.5, 0.6) is 0 Å². The van der Waals surface area contributed by atoms with Gasteiger partial charge in [0.25, 0.3) is 0 Å². The highest BCUT2D eigenvalue weighted by Crippen LogP contribution is 2.48. The highest BCUT2D eigenvalue weighted by atomic mass is 32.2. The lowest BCUT2D eigenvalue weighted by molar-refractivity contribution is -0.142. The number of alkyl carbamates (subject to hydrolysis) is 1. The summed E-state index contributed by atoms with van der Waals surface area (Å²) in [5.74, 6) is 0.888. The molecule has 4 unspecified atom stereocenters. The van der Waals surface area contributed by atoms with Gasteiger partial charge in [-0.25, -0.2) is 4.79 Å². The quantitative estimate of drug-likeness (QED) is 0.659. The molecule has 0 radical (unpaired) electrons. The van der Waals surface area contributed by atoms with Crippen LogP contribution in [0.3, 0.4) is 0 Å². The van der Waals surface area contributed by atoms with Crippen LogP contribution in [0.15, 0.2) is 0 Å². The fourth-order valence-corrected chi connectivity index (χ4v) is 3.57. The number of likely N-dealkylation sites (tertiary alicyclic amines) is 1. The molecule has 24 heavy (non-hydrogen) atoms. The molecule has 4 atom stereocenters. The average molecular weight is 357 g/mol. The Bertz CT molecular complexity index is 500. The van der Waals surface area contributed by atoms with Gasteiger partial charge < -0.3 is 20.3 Å². The largest absolute Gasteiger partial charge is 0.453 e. The van der Waals surface area contributed by atoms with Crippen LogP contribution in [0.4, 0.5) is 4.79 Å². The molecule has 3 amide bonds. The number of piperidine rings is 1. The molecule has 0 aromatic rings. The molecular formula is C16H27N3O4S. The summed E-state index contributed by atoms with van der Waals surface area (Å²) in [5.41, 5.74) is 0. The molecule has 0 bridgehead atoms. The Balaban J connectivity index is 2.06. The summed E-state index contributed by atoms with van der Waals surface area (Å²) in [6.07, 6.45) is 3.02. The molecule has 1 heterocycles. The molecule has 1 aliphatic heterocycles. The van der Waals surface area contributed by atoms with Gasteiger partial charge in [0.15, 0.2) is 0 Å². The van der Waals surface area contributed by atoms with E-state index in [1.54, 1.807) is 16.7 Å². The first-order chi connectivity index (χ1) is 11.4. The van der Waals surface area contributed by atoms with E-state index in [0.29, 0.717) is 18.9 Å². The smallest absolute Gasteiger partial charge is 0.407 e. The van der Waals surface area contributed by atoms with Gasteiger partial charge in [-0.2, -0.15) is 11.8 Å². The summed E-state index contributed by atoms with van der Waals surface area (Å²) < 4.78 is 4.62. The maximum Gasteiger partial charge on any atom is 0.407 e. The second-order valence-corrected chi connectivity index (χ2v) is 7.69. The van der Waals surface area contributed by atoms with Crippen LogP contribution in [-0.2, 0) is 14.3 Å². The number of hydrogen-bond acceptors (Lipinski definition) is 5. The molecule has 2 rings (SSSR count). The number of rotatable bonds is 7. The van der Waals surface area contributed by atoms with Crippen LogP contribution in [0.2, 0.25) is 0 Å². The Morgan fingerprint density at radius 1 is 1.29 bits per heavy atom. The van der Waals surface area contributed by atoms with Crippen molar-refractivity contribution in [2.75, 3.05) is 25.7 Å². The molecule has 0 spiro atoms. The van der Waals surface area contributed by atoms with Crippen molar-refractivity contribution in [1.29, 1.82) is 0 Å². The fourth-order valence-electron chi connectivity index (χ4n) is 3.26. The van der Waals surface area contributed by atoms with Crippen LogP contribution >= 0.6 is 11.8 Å². The minimum Gasteiger partial charge on any atom is -0.453 e. The summed E-state index contributed by atoms with van der Waals surface area (Å²) in [6.45, 7) is 4.33. The van der Waals surface area contributed by atoms with Gasteiger partial charge in [0.1, 0.15) is 12.1 Å². The summed E-state index contributed by atoms with van der Waals surface area (Å²) in [5, 5.41) is 5.51. The molecule has 0 aromatic heterocycles. The number of methoxy groups -OCH3 is 1. The van der Waals surface area contributed by atoms with Crippen LogP contribution < -0.4 is 10.6 Å². The van der Waals surface area contributed by atoms with Crippen LogP contribution in [0, 0.1) is 11.8 Å². The zero-order valence-electron chi connectivity index (χ0n) is 14.7. The van der Waals surface area contributed by atoms with Crippen molar-refractivity contribution in [3.63, 3.8) is 0 Å². The van der Waals surface area contributed by atoms with Gasteiger partial charge in [-0.05, 0) is 30.9 Å². The number of hydrogen-bond donors (Lipinski definition) is 2. The highest BCUT2D eigenvalue weighted by Gasteiger charge is 2.57. The second kappa shape index (κ2) is 8.09. The third kappa shape index (κ3) is 4.15. The predicted molar refractivity (Wildman–Crippen MR) is 92.7 cm³/mol. The highest BCUT2D eigenvalue weighted by molar-refractivity contribution is 7.98. The lowest BCUT2D eigenvalue weighted by Crippen LogP contribution is -2.56. The van der Waals surface area contributed by atoms with Gasteiger partial charge in [-0.15, -0.1) is 0 Å². The molecule has 2 N–H and O–H groups in total. The first-order valence-electron chi connectivity index (χ1n) is 8.34. The summed E-state index contributed by atoms with van der Waals surface area (Å²) >= 11 is 1.66. The van der Waals surface area contributed by atoms with Crippen molar-refractivity contribution in [1.82, 2.24) is 15.5 Å².